The van der Waals surface area contributed by atoms with E-state index in [1.165, 1.54) is 18.4 Å². The van der Waals surface area contributed by atoms with Crippen molar-refractivity contribution in [1.29, 1.82) is 0 Å². The molecule has 0 saturated carbocycles. The smallest absolute Gasteiger partial charge is 0.142 e. The van der Waals surface area contributed by atoms with Gasteiger partial charge in [-0.25, -0.2) is 0 Å². The molecule has 0 atom stereocenters. The van der Waals surface area contributed by atoms with Gasteiger partial charge in [-0.15, -0.1) is 0 Å². The number of halogens is 1. The van der Waals surface area contributed by atoms with Crippen LogP contribution in [0.5, 0.6) is 5.75 Å². The second-order valence-electron chi connectivity index (χ2n) is 3.87. The Bertz CT molecular complexity index is 401. The number of nitrogens with zero attached hydrogens (tertiary/aromatic N) is 1. The van der Waals surface area contributed by atoms with Gasteiger partial charge in [0, 0.05) is 18.3 Å². The molecule has 0 aromatic heterocycles. The molecule has 1 heterocycles. The predicted molar refractivity (Wildman–Crippen MR) is 70.7 cm³/mol. The van der Waals surface area contributed by atoms with Crippen LogP contribution in [0.4, 0.5) is 0 Å². The van der Waals surface area contributed by atoms with Crippen LogP contribution in [0.15, 0.2) is 21.6 Å². The van der Waals surface area contributed by atoms with Gasteiger partial charge in [0.25, 0.3) is 0 Å². The standard InChI is InChI=1S/C13H16BrNO/c1-2-16-13-11-9-15-8-4-3-5-10(11)6-7-12(13)14/h6-7,9H,2-5,8H2,1H3. The molecule has 2 nitrogen and oxygen atoms in total. The van der Waals surface area contributed by atoms with Gasteiger partial charge in [-0.1, -0.05) is 6.07 Å². The minimum Gasteiger partial charge on any atom is -0.492 e. The number of benzene rings is 1. The maximum Gasteiger partial charge on any atom is 0.142 e. The Labute approximate surface area is 105 Å². The predicted octanol–water partition coefficient (Wildman–Crippen LogP) is 3.60. The second-order valence-corrected chi connectivity index (χ2v) is 4.73. The fraction of sp³-hybridized carbons (Fsp3) is 0.462. The third kappa shape index (κ3) is 2.46. The number of aliphatic imine (C=N–C) groups is 1. The van der Waals surface area contributed by atoms with Crippen LogP contribution in [0.1, 0.15) is 30.9 Å². The van der Waals surface area contributed by atoms with E-state index in [-0.39, 0.29) is 0 Å². The Balaban J connectivity index is 2.47. The zero-order valence-corrected chi connectivity index (χ0v) is 11.1. The lowest BCUT2D eigenvalue weighted by Crippen LogP contribution is -2.04. The molecular weight excluding hydrogens is 266 g/mol. The van der Waals surface area contributed by atoms with Crippen LogP contribution in [-0.2, 0) is 6.42 Å². The van der Waals surface area contributed by atoms with Crippen LogP contribution in [0.3, 0.4) is 0 Å². The van der Waals surface area contributed by atoms with Crippen molar-refractivity contribution in [3.63, 3.8) is 0 Å². The Morgan fingerprint density at radius 3 is 3.06 bits per heavy atom. The van der Waals surface area contributed by atoms with Crippen LogP contribution in [0, 0.1) is 0 Å². The normalized spacial score (nSPS) is 15.1. The molecule has 86 valence electrons. The molecule has 0 spiro atoms. The number of rotatable bonds is 2. The molecule has 1 aromatic rings. The molecule has 0 aliphatic carbocycles. The van der Waals surface area contributed by atoms with Crippen molar-refractivity contribution < 1.29 is 4.74 Å². The summed E-state index contributed by atoms with van der Waals surface area (Å²) in [4.78, 5) is 4.43. The van der Waals surface area contributed by atoms with Crippen molar-refractivity contribution in [3.05, 3.63) is 27.7 Å². The zero-order chi connectivity index (χ0) is 11.4. The lowest BCUT2D eigenvalue weighted by atomic mass is 10.0. The zero-order valence-electron chi connectivity index (χ0n) is 9.50. The number of fused-ring (bicyclic) bond motifs is 1. The second kappa shape index (κ2) is 5.48. The van der Waals surface area contributed by atoms with E-state index >= 15 is 0 Å². The lowest BCUT2D eigenvalue weighted by molar-refractivity contribution is 0.337. The summed E-state index contributed by atoms with van der Waals surface area (Å²) in [6.45, 7) is 3.62. The van der Waals surface area contributed by atoms with Gasteiger partial charge < -0.3 is 4.74 Å². The maximum absolute atomic E-state index is 5.69. The van der Waals surface area contributed by atoms with Gasteiger partial charge in [0.1, 0.15) is 5.75 Å². The Hall–Kier alpha value is -0.830. The summed E-state index contributed by atoms with van der Waals surface area (Å²) in [6.07, 6.45) is 5.46. The quantitative estimate of drug-likeness (QED) is 0.812. The van der Waals surface area contributed by atoms with Crippen LogP contribution in [0.2, 0.25) is 0 Å². The highest BCUT2D eigenvalue weighted by molar-refractivity contribution is 9.10. The summed E-state index contributed by atoms with van der Waals surface area (Å²) >= 11 is 3.53. The highest BCUT2D eigenvalue weighted by atomic mass is 79.9. The van der Waals surface area contributed by atoms with Crippen molar-refractivity contribution >= 4 is 22.1 Å². The maximum atomic E-state index is 5.69. The van der Waals surface area contributed by atoms with E-state index in [1.807, 2.05) is 13.1 Å². The fourth-order valence-electron chi connectivity index (χ4n) is 1.94. The highest BCUT2D eigenvalue weighted by Gasteiger charge is 2.12. The molecule has 0 radical (unpaired) electrons. The molecule has 3 heteroatoms. The van der Waals surface area contributed by atoms with E-state index in [2.05, 4.69) is 33.1 Å². The summed E-state index contributed by atoms with van der Waals surface area (Å²) in [5, 5.41) is 0. The molecular formula is C13H16BrNO. The molecule has 0 amide bonds. The first-order valence-corrected chi connectivity index (χ1v) is 6.56. The number of ether oxygens (including phenoxy) is 1. The average molecular weight is 282 g/mol. The Kier molecular flexibility index (Phi) is 3.99. The van der Waals surface area contributed by atoms with Crippen LogP contribution >= 0.6 is 15.9 Å². The first-order chi connectivity index (χ1) is 7.83. The highest BCUT2D eigenvalue weighted by Crippen LogP contribution is 2.32. The largest absolute Gasteiger partial charge is 0.492 e. The monoisotopic (exact) mass is 281 g/mol. The van der Waals surface area contributed by atoms with Crippen molar-refractivity contribution in [3.8, 4) is 5.75 Å². The van der Waals surface area contributed by atoms with E-state index in [0.29, 0.717) is 6.61 Å². The summed E-state index contributed by atoms with van der Waals surface area (Å²) in [6, 6.07) is 4.23. The minimum absolute atomic E-state index is 0.683. The topological polar surface area (TPSA) is 21.6 Å². The van der Waals surface area contributed by atoms with Crippen LogP contribution < -0.4 is 4.74 Å². The summed E-state index contributed by atoms with van der Waals surface area (Å²) in [5.74, 6) is 0.936. The molecule has 0 fully saturated rings. The number of hydrogen-bond donors (Lipinski definition) is 0. The third-order valence-corrected chi connectivity index (χ3v) is 3.36. The van der Waals surface area contributed by atoms with E-state index < -0.39 is 0 Å². The molecule has 0 saturated heterocycles. The van der Waals surface area contributed by atoms with Crippen molar-refractivity contribution in [2.45, 2.75) is 26.2 Å². The summed E-state index contributed by atoms with van der Waals surface area (Å²) in [7, 11) is 0. The molecule has 1 aliphatic rings. The van der Waals surface area contributed by atoms with E-state index in [1.54, 1.807) is 0 Å². The van der Waals surface area contributed by atoms with Crippen molar-refractivity contribution in [2.75, 3.05) is 13.2 Å². The van der Waals surface area contributed by atoms with Gasteiger partial charge in [0.15, 0.2) is 0 Å². The summed E-state index contributed by atoms with van der Waals surface area (Å²) < 4.78 is 6.71. The number of hydrogen-bond acceptors (Lipinski definition) is 2. The average Bonchev–Trinajstić information content (AvgIpc) is 2.24. The van der Waals surface area contributed by atoms with Crippen LogP contribution in [0.25, 0.3) is 0 Å². The van der Waals surface area contributed by atoms with Gasteiger partial charge in [0.2, 0.25) is 0 Å². The van der Waals surface area contributed by atoms with Gasteiger partial charge in [0.05, 0.1) is 11.1 Å². The SMILES string of the molecule is CCOc1c(Br)ccc2c1C=NCCCC2. The van der Waals surface area contributed by atoms with Gasteiger partial charge in [-0.05, 0) is 53.7 Å². The first kappa shape index (κ1) is 11.6. The number of aryl methyl sites for hydroxylation is 1. The van der Waals surface area contributed by atoms with Gasteiger partial charge in [-0.2, -0.15) is 0 Å². The van der Waals surface area contributed by atoms with E-state index in [9.17, 15) is 0 Å². The van der Waals surface area contributed by atoms with Gasteiger partial charge in [-0.3, -0.25) is 4.99 Å². The molecule has 0 N–H and O–H groups in total. The lowest BCUT2D eigenvalue weighted by Gasteiger charge is -2.15. The van der Waals surface area contributed by atoms with E-state index in [4.69, 9.17) is 4.74 Å². The fourth-order valence-corrected chi connectivity index (χ4v) is 2.40. The molecule has 1 aromatic carbocycles. The molecule has 2 rings (SSSR count). The molecule has 0 bridgehead atoms. The van der Waals surface area contributed by atoms with Crippen molar-refractivity contribution in [1.82, 2.24) is 0 Å². The molecule has 0 unspecified atom stereocenters. The van der Waals surface area contributed by atoms with Gasteiger partial charge >= 0.3 is 0 Å². The Morgan fingerprint density at radius 2 is 2.25 bits per heavy atom. The van der Waals surface area contributed by atoms with Crippen LogP contribution in [-0.4, -0.2) is 19.4 Å². The minimum atomic E-state index is 0.683. The van der Waals surface area contributed by atoms with Crippen molar-refractivity contribution in [2.24, 2.45) is 4.99 Å². The van der Waals surface area contributed by atoms with E-state index in [0.717, 1.165) is 28.8 Å². The Morgan fingerprint density at radius 1 is 1.38 bits per heavy atom. The molecule has 1 aliphatic heterocycles. The third-order valence-electron chi connectivity index (χ3n) is 2.73. The first-order valence-electron chi connectivity index (χ1n) is 5.77. The summed E-state index contributed by atoms with van der Waals surface area (Å²) in [5.41, 5.74) is 2.49. The molecule has 16 heavy (non-hydrogen) atoms.